The van der Waals surface area contributed by atoms with Crippen LogP contribution in [0.5, 0.6) is 0 Å². The highest BCUT2D eigenvalue weighted by molar-refractivity contribution is 9.10. The predicted molar refractivity (Wildman–Crippen MR) is 166 cm³/mol. The summed E-state index contributed by atoms with van der Waals surface area (Å²) in [4.78, 5) is 50.5. The second-order valence-electron chi connectivity index (χ2n) is 9.57. The molecule has 0 aliphatic heterocycles. The van der Waals surface area contributed by atoms with Crippen molar-refractivity contribution in [2.24, 2.45) is 5.73 Å². The number of rotatable bonds is 11. The lowest BCUT2D eigenvalue weighted by Gasteiger charge is -2.35. The van der Waals surface area contributed by atoms with Crippen molar-refractivity contribution >= 4 is 50.2 Å². The van der Waals surface area contributed by atoms with E-state index in [-0.39, 0.29) is 36.3 Å². The first-order valence-electron chi connectivity index (χ1n) is 13.6. The highest BCUT2D eigenvalue weighted by Crippen LogP contribution is 2.27. The smallest absolute Gasteiger partial charge is 0.261 e. The topological polar surface area (TPSA) is 102 Å². The monoisotopic (exact) mass is 637 g/mol. The van der Waals surface area contributed by atoms with Crippen LogP contribution in [0.2, 0.25) is 5.02 Å². The molecule has 4 aromatic rings. The number of benzene rings is 3. The zero-order valence-electron chi connectivity index (χ0n) is 23.1. The maximum atomic E-state index is 14.3. The quantitative estimate of drug-likeness (QED) is 0.242. The molecule has 10 heteroatoms. The number of nitrogens with two attached hydrogens (primary N) is 1. The van der Waals surface area contributed by atoms with E-state index in [0.29, 0.717) is 47.5 Å². The molecule has 0 saturated heterocycles. The molecule has 2 N–H and O–H groups in total. The van der Waals surface area contributed by atoms with E-state index in [4.69, 9.17) is 22.3 Å². The molecule has 0 spiro atoms. The van der Waals surface area contributed by atoms with Gasteiger partial charge in [-0.3, -0.25) is 19.0 Å². The van der Waals surface area contributed by atoms with Gasteiger partial charge in [0.1, 0.15) is 5.82 Å². The number of fused-ring (bicyclic) bond motifs is 1. The molecule has 0 saturated carbocycles. The van der Waals surface area contributed by atoms with Gasteiger partial charge >= 0.3 is 0 Å². The minimum Gasteiger partial charge on any atom is -0.341 e. The van der Waals surface area contributed by atoms with Gasteiger partial charge < -0.3 is 15.5 Å². The lowest BCUT2D eigenvalue weighted by atomic mass is 10.1. The van der Waals surface area contributed by atoms with Gasteiger partial charge in [-0.05, 0) is 74.8 Å². The molecule has 1 atom stereocenters. The van der Waals surface area contributed by atoms with Crippen molar-refractivity contribution in [3.63, 3.8) is 0 Å². The average Bonchev–Trinajstić information content (AvgIpc) is 2.98. The van der Waals surface area contributed by atoms with Gasteiger partial charge in [-0.15, -0.1) is 0 Å². The van der Waals surface area contributed by atoms with E-state index < -0.39 is 6.04 Å². The number of amides is 2. The molecule has 3 aromatic carbocycles. The Morgan fingerprint density at radius 1 is 1.02 bits per heavy atom. The molecule has 0 fully saturated rings. The number of hydrogen-bond acceptors (Lipinski definition) is 5. The van der Waals surface area contributed by atoms with Gasteiger partial charge in [0, 0.05) is 34.7 Å². The van der Waals surface area contributed by atoms with Crippen molar-refractivity contribution in [1.82, 2.24) is 19.4 Å². The number of nitrogens with zero attached hydrogens (tertiary/aromatic N) is 4. The Morgan fingerprint density at radius 3 is 2.34 bits per heavy atom. The van der Waals surface area contributed by atoms with Gasteiger partial charge in [-0.2, -0.15) is 0 Å². The third-order valence-corrected chi connectivity index (χ3v) is 7.71. The molecule has 1 heterocycles. The fourth-order valence-electron chi connectivity index (χ4n) is 4.80. The summed E-state index contributed by atoms with van der Waals surface area (Å²) in [5.74, 6) is -0.510. The largest absolute Gasteiger partial charge is 0.341 e. The summed E-state index contributed by atoms with van der Waals surface area (Å²) in [6, 6.07) is 20.1. The van der Waals surface area contributed by atoms with E-state index in [1.807, 2.05) is 44.2 Å². The molecule has 0 aliphatic rings. The molecular weight excluding hydrogens is 606 g/mol. The summed E-state index contributed by atoms with van der Waals surface area (Å²) >= 11 is 9.72. The molecule has 41 heavy (non-hydrogen) atoms. The van der Waals surface area contributed by atoms with Crippen molar-refractivity contribution < 1.29 is 9.59 Å². The normalized spacial score (nSPS) is 11.8. The molecule has 1 unspecified atom stereocenters. The van der Waals surface area contributed by atoms with Crippen LogP contribution in [-0.4, -0.2) is 57.3 Å². The molecule has 2 amide bonds. The summed E-state index contributed by atoms with van der Waals surface area (Å²) in [6.07, 6.45) is 0.451. The predicted octanol–water partition coefficient (Wildman–Crippen LogP) is 5.26. The molecule has 0 radical (unpaired) electrons. The Labute approximate surface area is 252 Å². The van der Waals surface area contributed by atoms with Gasteiger partial charge in [0.2, 0.25) is 0 Å². The van der Waals surface area contributed by atoms with E-state index >= 15 is 0 Å². The average molecular weight is 639 g/mol. The second kappa shape index (κ2) is 13.9. The zero-order chi connectivity index (χ0) is 29.5. The maximum absolute atomic E-state index is 14.3. The number of carbonyl (C=O) groups excluding carboxylic acids is 2. The van der Waals surface area contributed by atoms with E-state index in [1.165, 1.54) is 9.47 Å². The van der Waals surface area contributed by atoms with E-state index in [1.54, 1.807) is 47.4 Å². The Hall–Kier alpha value is -3.53. The summed E-state index contributed by atoms with van der Waals surface area (Å²) in [5.41, 5.74) is 7.18. The highest BCUT2D eigenvalue weighted by Gasteiger charge is 2.37. The van der Waals surface area contributed by atoms with Crippen LogP contribution >= 0.6 is 27.5 Å². The van der Waals surface area contributed by atoms with Crippen LogP contribution in [0.3, 0.4) is 0 Å². The van der Waals surface area contributed by atoms with Crippen LogP contribution < -0.4 is 11.3 Å². The first-order chi connectivity index (χ1) is 19.8. The van der Waals surface area contributed by atoms with Gasteiger partial charge in [0.25, 0.3) is 17.4 Å². The third kappa shape index (κ3) is 6.86. The summed E-state index contributed by atoms with van der Waals surface area (Å²) in [5, 5.41) is 0.782. The molecule has 0 bridgehead atoms. The lowest BCUT2D eigenvalue weighted by molar-refractivity contribution is -0.136. The third-order valence-electron chi connectivity index (χ3n) is 6.95. The van der Waals surface area contributed by atoms with Gasteiger partial charge in [0.15, 0.2) is 6.04 Å². The molecule has 0 aliphatic carbocycles. The SMILES string of the molecule is CCN(CC)C(=O)C(c1nc2cc(Cl)ccc2c(=O)n1Cc1ccccc1)N(CCCN)C(=O)c1ccc(Br)cc1. The van der Waals surface area contributed by atoms with E-state index in [9.17, 15) is 14.4 Å². The second-order valence-corrected chi connectivity index (χ2v) is 10.9. The summed E-state index contributed by atoms with van der Waals surface area (Å²) in [7, 11) is 0. The minimum absolute atomic E-state index is 0.166. The molecule has 4 rings (SSSR count). The van der Waals surface area contributed by atoms with Crippen molar-refractivity contribution in [1.29, 1.82) is 0 Å². The van der Waals surface area contributed by atoms with Crippen molar-refractivity contribution in [2.45, 2.75) is 32.9 Å². The van der Waals surface area contributed by atoms with E-state index in [2.05, 4.69) is 15.9 Å². The minimum atomic E-state index is -1.18. The number of likely N-dealkylation sites (N-methyl/N-ethyl adjacent to an activating group) is 1. The number of hydrogen-bond donors (Lipinski definition) is 1. The van der Waals surface area contributed by atoms with Crippen LogP contribution in [0.25, 0.3) is 10.9 Å². The molecule has 214 valence electrons. The maximum Gasteiger partial charge on any atom is 0.261 e. The summed E-state index contributed by atoms with van der Waals surface area (Å²) in [6.45, 7) is 5.27. The van der Waals surface area contributed by atoms with Crippen LogP contribution in [0.1, 0.15) is 48.1 Å². The first-order valence-corrected chi connectivity index (χ1v) is 14.7. The van der Waals surface area contributed by atoms with E-state index in [0.717, 1.165) is 10.0 Å². The van der Waals surface area contributed by atoms with Crippen molar-refractivity contribution in [3.05, 3.63) is 110 Å². The lowest BCUT2D eigenvalue weighted by Crippen LogP contribution is -2.48. The van der Waals surface area contributed by atoms with Gasteiger partial charge in [-0.25, -0.2) is 4.98 Å². The standard InChI is InChI=1S/C31H33BrClN5O3/c1-3-36(4-2)31(41)27(37(18-8-17-34)29(39)22-11-13-23(32)14-12-22)28-35-26-19-24(33)15-16-25(26)30(40)38(28)20-21-9-6-5-7-10-21/h5-7,9-16,19,27H,3-4,8,17-18,20,34H2,1-2H3. The Bertz CT molecular complexity index is 1570. The fourth-order valence-corrected chi connectivity index (χ4v) is 5.23. The summed E-state index contributed by atoms with van der Waals surface area (Å²) < 4.78 is 2.32. The number of carbonyl (C=O) groups is 2. The van der Waals surface area contributed by atoms with Crippen molar-refractivity contribution in [3.8, 4) is 0 Å². The van der Waals surface area contributed by atoms with Crippen LogP contribution in [0.4, 0.5) is 0 Å². The molecule has 8 nitrogen and oxygen atoms in total. The van der Waals surface area contributed by atoms with Gasteiger partial charge in [0.05, 0.1) is 17.4 Å². The van der Waals surface area contributed by atoms with Crippen LogP contribution in [-0.2, 0) is 11.3 Å². The Balaban J connectivity index is 2.01. The Morgan fingerprint density at radius 2 is 1.71 bits per heavy atom. The Kier molecular flexibility index (Phi) is 10.3. The first kappa shape index (κ1) is 30.4. The molecular formula is C31H33BrClN5O3. The number of aromatic nitrogens is 2. The van der Waals surface area contributed by atoms with Crippen LogP contribution in [0, 0.1) is 0 Å². The fraction of sp³-hybridized carbons (Fsp3) is 0.290. The molecule has 1 aromatic heterocycles. The highest BCUT2D eigenvalue weighted by atomic mass is 79.9. The number of halogens is 2. The zero-order valence-corrected chi connectivity index (χ0v) is 25.4. The van der Waals surface area contributed by atoms with Crippen molar-refractivity contribution in [2.75, 3.05) is 26.2 Å². The van der Waals surface area contributed by atoms with Gasteiger partial charge in [-0.1, -0.05) is 57.9 Å². The van der Waals surface area contributed by atoms with Crippen LogP contribution in [0.15, 0.2) is 82.1 Å².